The number of benzene rings is 1. The first kappa shape index (κ1) is 13.4. The van der Waals surface area contributed by atoms with Crippen LogP contribution >= 0.6 is 12.6 Å². The number of thiol groups is 1. The van der Waals surface area contributed by atoms with E-state index in [0.29, 0.717) is 25.5 Å². The van der Waals surface area contributed by atoms with Crippen LogP contribution in [0.15, 0.2) is 24.3 Å². The third-order valence-corrected chi connectivity index (χ3v) is 3.78. The van der Waals surface area contributed by atoms with Crippen LogP contribution in [0, 0.1) is 5.92 Å². The molecular formula is C14H19NO2S. The van der Waals surface area contributed by atoms with Gasteiger partial charge in [0.2, 0.25) is 5.91 Å². The Hall–Kier alpha value is -1.00. The average Bonchev–Trinajstić information content (AvgIpc) is 2.73. The van der Waals surface area contributed by atoms with Gasteiger partial charge in [0.15, 0.2) is 0 Å². The Labute approximate surface area is 114 Å². The van der Waals surface area contributed by atoms with E-state index in [1.165, 1.54) is 5.56 Å². The Morgan fingerprint density at radius 3 is 2.56 bits per heavy atom. The Balaban J connectivity index is 1.95. The molecule has 1 aromatic carbocycles. The summed E-state index contributed by atoms with van der Waals surface area (Å²) in [5, 5.41) is 0. The monoisotopic (exact) mass is 265 g/mol. The van der Waals surface area contributed by atoms with E-state index >= 15 is 0 Å². The molecular weight excluding hydrogens is 246 g/mol. The molecule has 2 rings (SSSR count). The minimum Gasteiger partial charge on any atom is -0.380 e. The van der Waals surface area contributed by atoms with Crippen molar-refractivity contribution in [2.75, 3.05) is 19.4 Å². The van der Waals surface area contributed by atoms with E-state index in [1.54, 1.807) is 7.11 Å². The molecule has 0 aromatic heterocycles. The second-order valence-corrected chi connectivity index (χ2v) is 5.14. The Morgan fingerprint density at radius 1 is 1.33 bits per heavy atom. The average molecular weight is 265 g/mol. The van der Waals surface area contributed by atoms with Gasteiger partial charge in [0.1, 0.15) is 0 Å². The van der Waals surface area contributed by atoms with Crippen molar-refractivity contribution in [2.45, 2.75) is 19.6 Å². The third kappa shape index (κ3) is 3.27. The van der Waals surface area contributed by atoms with E-state index < -0.39 is 0 Å². The van der Waals surface area contributed by atoms with Crippen molar-refractivity contribution >= 4 is 18.5 Å². The lowest BCUT2D eigenvalue weighted by molar-refractivity contribution is -0.128. The quantitative estimate of drug-likeness (QED) is 0.826. The van der Waals surface area contributed by atoms with Crippen LogP contribution in [-0.2, 0) is 22.7 Å². The molecule has 1 heterocycles. The highest BCUT2D eigenvalue weighted by Crippen LogP contribution is 2.21. The maximum Gasteiger partial charge on any atom is 0.223 e. The molecule has 4 heteroatoms. The summed E-state index contributed by atoms with van der Waals surface area (Å²) in [5.41, 5.74) is 2.32. The summed E-state index contributed by atoms with van der Waals surface area (Å²) < 4.78 is 5.07. The molecule has 0 saturated carbocycles. The van der Waals surface area contributed by atoms with Crippen LogP contribution < -0.4 is 0 Å². The number of carbonyl (C=O) groups excluding carboxylic acids is 1. The fourth-order valence-electron chi connectivity index (χ4n) is 2.26. The van der Waals surface area contributed by atoms with Gasteiger partial charge in [-0.05, 0) is 22.8 Å². The van der Waals surface area contributed by atoms with Crippen LogP contribution in [0.2, 0.25) is 0 Å². The summed E-state index contributed by atoms with van der Waals surface area (Å²) in [4.78, 5) is 13.7. The first-order valence-electron chi connectivity index (χ1n) is 6.18. The summed E-state index contributed by atoms with van der Waals surface area (Å²) in [6, 6.07) is 8.23. The Kier molecular flexibility index (Phi) is 4.66. The SMILES string of the molecule is COCc1ccc(CN2CC(CS)CC2=O)cc1. The third-order valence-electron chi connectivity index (χ3n) is 3.26. The number of nitrogens with zero attached hydrogens (tertiary/aromatic N) is 1. The number of carbonyl (C=O) groups is 1. The molecule has 0 N–H and O–H groups in total. The molecule has 1 atom stereocenters. The zero-order chi connectivity index (χ0) is 13.0. The van der Waals surface area contributed by atoms with Crippen molar-refractivity contribution in [3.8, 4) is 0 Å². The van der Waals surface area contributed by atoms with Crippen molar-refractivity contribution in [3.63, 3.8) is 0 Å². The second-order valence-electron chi connectivity index (χ2n) is 4.78. The molecule has 1 aliphatic heterocycles. The lowest BCUT2D eigenvalue weighted by Gasteiger charge is -2.16. The molecule has 18 heavy (non-hydrogen) atoms. The van der Waals surface area contributed by atoms with Crippen LogP contribution in [0.3, 0.4) is 0 Å². The normalized spacial score (nSPS) is 19.6. The van der Waals surface area contributed by atoms with Gasteiger partial charge < -0.3 is 9.64 Å². The maximum absolute atomic E-state index is 11.8. The highest BCUT2D eigenvalue weighted by atomic mass is 32.1. The zero-order valence-corrected chi connectivity index (χ0v) is 11.5. The summed E-state index contributed by atoms with van der Waals surface area (Å²) in [7, 11) is 1.69. The van der Waals surface area contributed by atoms with Gasteiger partial charge in [0.25, 0.3) is 0 Å². The molecule has 1 unspecified atom stereocenters. The molecule has 0 radical (unpaired) electrons. The van der Waals surface area contributed by atoms with E-state index in [-0.39, 0.29) is 5.91 Å². The van der Waals surface area contributed by atoms with Crippen LogP contribution in [0.4, 0.5) is 0 Å². The number of amides is 1. The largest absolute Gasteiger partial charge is 0.380 e. The summed E-state index contributed by atoms with van der Waals surface area (Å²) in [6.45, 7) is 2.17. The minimum atomic E-state index is 0.245. The molecule has 1 fully saturated rings. The number of likely N-dealkylation sites (tertiary alicyclic amines) is 1. The predicted octanol–water partition coefficient (Wildman–Crippen LogP) is 2.11. The van der Waals surface area contributed by atoms with Gasteiger partial charge in [-0.15, -0.1) is 0 Å². The summed E-state index contributed by atoms with van der Waals surface area (Å²) >= 11 is 4.27. The smallest absolute Gasteiger partial charge is 0.223 e. The molecule has 1 saturated heterocycles. The van der Waals surface area contributed by atoms with Gasteiger partial charge >= 0.3 is 0 Å². The van der Waals surface area contributed by atoms with Crippen molar-refractivity contribution in [3.05, 3.63) is 35.4 Å². The first-order valence-corrected chi connectivity index (χ1v) is 6.81. The van der Waals surface area contributed by atoms with Gasteiger partial charge in [0.05, 0.1) is 6.61 Å². The maximum atomic E-state index is 11.8. The topological polar surface area (TPSA) is 29.5 Å². The first-order chi connectivity index (χ1) is 8.72. The number of rotatable bonds is 5. The van der Waals surface area contributed by atoms with Crippen molar-refractivity contribution in [1.29, 1.82) is 0 Å². The number of methoxy groups -OCH3 is 1. The molecule has 1 aromatic rings. The van der Waals surface area contributed by atoms with E-state index in [1.807, 2.05) is 4.90 Å². The van der Waals surface area contributed by atoms with Gasteiger partial charge in [-0.1, -0.05) is 24.3 Å². The molecule has 1 aliphatic rings. The van der Waals surface area contributed by atoms with Crippen molar-refractivity contribution < 1.29 is 9.53 Å². The molecule has 0 bridgehead atoms. The number of ether oxygens (including phenoxy) is 1. The van der Waals surface area contributed by atoms with Gasteiger partial charge in [-0.3, -0.25) is 4.79 Å². The lowest BCUT2D eigenvalue weighted by Crippen LogP contribution is -2.24. The molecule has 3 nitrogen and oxygen atoms in total. The zero-order valence-electron chi connectivity index (χ0n) is 10.6. The Morgan fingerprint density at radius 2 is 2.00 bits per heavy atom. The highest BCUT2D eigenvalue weighted by molar-refractivity contribution is 7.80. The van der Waals surface area contributed by atoms with Crippen molar-refractivity contribution in [1.82, 2.24) is 4.90 Å². The number of hydrogen-bond acceptors (Lipinski definition) is 3. The van der Waals surface area contributed by atoms with Crippen LogP contribution in [0.25, 0.3) is 0 Å². The number of hydrogen-bond donors (Lipinski definition) is 1. The highest BCUT2D eigenvalue weighted by Gasteiger charge is 2.28. The van der Waals surface area contributed by atoms with E-state index in [2.05, 4.69) is 36.9 Å². The predicted molar refractivity (Wildman–Crippen MR) is 74.5 cm³/mol. The summed E-state index contributed by atoms with van der Waals surface area (Å²) in [5.74, 6) is 1.44. The van der Waals surface area contributed by atoms with Crippen LogP contribution in [0.1, 0.15) is 17.5 Å². The molecule has 98 valence electrons. The lowest BCUT2D eigenvalue weighted by atomic mass is 10.1. The standard InChI is InChI=1S/C14H19NO2S/c1-17-9-12-4-2-11(3-5-12)7-15-8-13(10-18)6-14(15)16/h2-5,13,18H,6-10H2,1H3. The van der Waals surface area contributed by atoms with Crippen molar-refractivity contribution in [2.24, 2.45) is 5.92 Å². The molecule has 0 aliphatic carbocycles. The van der Waals surface area contributed by atoms with Gasteiger partial charge in [-0.25, -0.2) is 0 Å². The second kappa shape index (κ2) is 6.25. The molecule has 0 spiro atoms. The molecule has 1 amide bonds. The fourth-order valence-corrected chi connectivity index (χ4v) is 2.50. The van der Waals surface area contributed by atoms with Gasteiger partial charge in [-0.2, -0.15) is 12.6 Å². The summed E-state index contributed by atoms with van der Waals surface area (Å²) in [6.07, 6.45) is 0.644. The van der Waals surface area contributed by atoms with E-state index in [0.717, 1.165) is 17.9 Å². The Bertz CT molecular complexity index is 405. The van der Waals surface area contributed by atoms with Gasteiger partial charge in [0, 0.05) is 26.6 Å². The van der Waals surface area contributed by atoms with Crippen LogP contribution in [0.5, 0.6) is 0 Å². The van der Waals surface area contributed by atoms with E-state index in [9.17, 15) is 4.79 Å². The van der Waals surface area contributed by atoms with E-state index in [4.69, 9.17) is 4.74 Å². The van der Waals surface area contributed by atoms with Crippen LogP contribution in [-0.4, -0.2) is 30.2 Å². The fraction of sp³-hybridized carbons (Fsp3) is 0.500. The minimum absolute atomic E-state index is 0.245.